The maximum atomic E-state index is 12.9. The third-order valence-electron chi connectivity index (χ3n) is 5.96. The van der Waals surface area contributed by atoms with Gasteiger partial charge in [-0.3, -0.25) is 23.7 Å². The fourth-order valence-electron chi connectivity index (χ4n) is 4.11. The van der Waals surface area contributed by atoms with Crippen LogP contribution in [0.1, 0.15) is 47.9 Å². The number of pyridine rings is 1. The summed E-state index contributed by atoms with van der Waals surface area (Å²) in [6, 6.07) is 18.8. The summed E-state index contributed by atoms with van der Waals surface area (Å²) in [5, 5.41) is 0. The first-order chi connectivity index (χ1) is 16.9. The quantitative estimate of drug-likeness (QED) is 0.319. The van der Waals surface area contributed by atoms with Crippen molar-refractivity contribution in [2.75, 3.05) is 6.54 Å². The van der Waals surface area contributed by atoms with Crippen molar-refractivity contribution in [1.29, 1.82) is 0 Å². The van der Waals surface area contributed by atoms with Crippen molar-refractivity contribution in [1.82, 2.24) is 14.3 Å². The Hall–Kier alpha value is -4.59. The van der Waals surface area contributed by atoms with Crippen molar-refractivity contribution in [2.45, 2.75) is 20.0 Å². The molecule has 2 aromatic heterocycles. The predicted octanol–water partition coefficient (Wildman–Crippen LogP) is 3.20. The van der Waals surface area contributed by atoms with E-state index in [1.807, 2.05) is 43.3 Å². The highest BCUT2D eigenvalue weighted by molar-refractivity contribution is 6.22. The van der Waals surface area contributed by atoms with Crippen LogP contribution in [0.15, 0.2) is 77.7 Å². The molecule has 0 atom stereocenters. The summed E-state index contributed by atoms with van der Waals surface area (Å²) in [7, 11) is 0. The van der Waals surface area contributed by atoms with Gasteiger partial charge in [0, 0.05) is 18.8 Å². The van der Waals surface area contributed by atoms with Gasteiger partial charge in [-0.05, 0) is 48.7 Å². The van der Waals surface area contributed by atoms with E-state index in [2.05, 4.69) is 4.98 Å². The topological polar surface area (TPSA) is 98.0 Å². The van der Waals surface area contributed by atoms with E-state index in [-0.39, 0.29) is 41.3 Å². The van der Waals surface area contributed by atoms with Gasteiger partial charge < -0.3 is 4.74 Å². The molecule has 2 aromatic carbocycles. The number of fused-ring (bicyclic) bond motifs is 2. The highest BCUT2D eigenvalue weighted by Gasteiger charge is 2.35. The summed E-state index contributed by atoms with van der Waals surface area (Å²) in [5.41, 5.74) is 2.95. The number of amides is 2. The third-order valence-corrected chi connectivity index (χ3v) is 5.96. The average molecular weight is 467 g/mol. The lowest BCUT2D eigenvalue weighted by molar-refractivity contribution is 0.0467. The lowest BCUT2D eigenvalue weighted by atomic mass is 10.1. The normalized spacial score (nSPS) is 12.8. The number of rotatable bonds is 6. The van der Waals surface area contributed by atoms with Crippen LogP contribution in [0, 0.1) is 6.92 Å². The lowest BCUT2D eigenvalue weighted by Gasteiger charge is -2.13. The van der Waals surface area contributed by atoms with Gasteiger partial charge in [-0.1, -0.05) is 36.4 Å². The van der Waals surface area contributed by atoms with E-state index in [9.17, 15) is 19.2 Å². The molecule has 0 saturated heterocycles. The zero-order valence-electron chi connectivity index (χ0n) is 18.9. The number of ether oxygens (including phenoxy) is 1. The number of aromatic nitrogens is 2. The first-order valence-electron chi connectivity index (χ1n) is 11.1. The molecule has 8 nitrogen and oxygen atoms in total. The summed E-state index contributed by atoms with van der Waals surface area (Å²) < 4.78 is 6.78. The highest BCUT2D eigenvalue weighted by atomic mass is 16.5. The Morgan fingerprint density at radius 1 is 0.914 bits per heavy atom. The number of carbonyl (C=O) groups excluding carboxylic acids is 3. The van der Waals surface area contributed by atoms with Gasteiger partial charge in [0.1, 0.15) is 12.3 Å². The second-order valence-electron chi connectivity index (χ2n) is 8.30. The fourth-order valence-corrected chi connectivity index (χ4v) is 4.11. The molecule has 8 heteroatoms. The van der Waals surface area contributed by atoms with E-state index in [0.29, 0.717) is 17.8 Å². The molecule has 3 heterocycles. The zero-order chi connectivity index (χ0) is 24.5. The summed E-state index contributed by atoms with van der Waals surface area (Å²) in [6.07, 6.45) is 2.17. The third kappa shape index (κ3) is 4.21. The van der Waals surface area contributed by atoms with Crippen LogP contribution >= 0.6 is 0 Å². The molecule has 0 bridgehead atoms. The standard InChI is InChI=1S/C27H21N3O5/c1-17-6-5-12-29-23(31)15-20(28-24(17)29)16-35-27(34)19-9-10-21-22(14-19)26(33)30(25(21)32)13-11-18-7-3-2-4-8-18/h2-10,12,14-15H,11,13,16H2,1H3. The molecule has 5 rings (SSSR count). The van der Waals surface area contributed by atoms with Gasteiger partial charge >= 0.3 is 5.97 Å². The van der Waals surface area contributed by atoms with E-state index < -0.39 is 11.9 Å². The molecule has 0 spiro atoms. The zero-order valence-corrected chi connectivity index (χ0v) is 18.9. The molecular formula is C27H21N3O5. The van der Waals surface area contributed by atoms with E-state index in [4.69, 9.17) is 4.74 Å². The number of aryl methyl sites for hydroxylation is 1. The number of benzene rings is 2. The highest BCUT2D eigenvalue weighted by Crippen LogP contribution is 2.25. The average Bonchev–Trinajstić information content (AvgIpc) is 3.11. The van der Waals surface area contributed by atoms with Gasteiger partial charge in [-0.15, -0.1) is 0 Å². The molecule has 35 heavy (non-hydrogen) atoms. The van der Waals surface area contributed by atoms with Crippen LogP contribution in [0.5, 0.6) is 0 Å². The van der Waals surface area contributed by atoms with Crippen LogP contribution in [0.4, 0.5) is 0 Å². The van der Waals surface area contributed by atoms with Crippen LogP contribution in [-0.2, 0) is 17.8 Å². The van der Waals surface area contributed by atoms with Gasteiger partial charge in [-0.25, -0.2) is 9.78 Å². The predicted molar refractivity (Wildman–Crippen MR) is 127 cm³/mol. The Balaban J connectivity index is 1.30. The summed E-state index contributed by atoms with van der Waals surface area (Å²) in [4.78, 5) is 56.2. The van der Waals surface area contributed by atoms with Gasteiger partial charge in [0.25, 0.3) is 17.4 Å². The van der Waals surface area contributed by atoms with E-state index in [1.165, 1.54) is 33.6 Å². The molecule has 0 radical (unpaired) electrons. The minimum absolute atomic E-state index is 0.142. The maximum Gasteiger partial charge on any atom is 0.338 e. The fraction of sp³-hybridized carbons (Fsp3) is 0.148. The first kappa shape index (κ1) is 22.2. The molecule has 174 valence electrons. The minimum Gasteiger partial charge on any atom is -0.456 e. The van der Waals surface area contributed by atoms with Crippen LogP contribution in [0.2, 0.25) is 0 Å². The molecule has 1 aliphatic heterocycles. The van der Waals surface area contributed by atoms with Gasteiger partial charge in [0.2, 0.25) is 0 Å². The number of hydrogen-bond donors (Lipinski definition) is 0. The molecule has 0 unspecified atom stereocenters. The maximum absolute atomic E-state index is 12.9. The van der Waals surface area contributed by atoms with Gasteiger partial charge in [-0.2, -0.15) is 0 Å². The minimum atomic E-state index is -0.678. The van der Waals surface area contributed by atoms with Crippen molar-refractivity contribution in [2.24, 2.45) is 0 Å². The van der Waals surface area contributed by atoms with Gasteiger partial charge in [0.05, 0.1) is 22.4 Å². The molecule has 0 saturated carbocycles. The number of esters is 1. The van der Waals surface area contributed by atoms with E-state index in [0.717, 1.165) is 11.1 Å². The Bertz CT molecular complexity index is 1540. The van der Waals surface area contributed by atoms with E-state index >= 15 is 0 Å². The number of carbonyl (C=O) groups is 3. The molecule has 0 N–H and O–H groups in total. The molecule has 0 fully saturated rings. The summed E-state index contributed by atoms with van der Waals surface area (Å²) >= 11 is 0. The summed E-state index contributed by atoms with van der Waals surface area (Å²) in [6.45, 7) is 1.88. The van der Waals surface area contributed by atoms with Crippen molar-refractivity contribution in [3.05, 3.63) is 117 Å². The number of nitrogens with zero attached hydrogens (tertiary/aromatic N) is 3. The Morgan fingerprint density at radius 2 is 1.69 bits per heavy atom. The first-order valence-corrected chi connectivity index (χ1v) is 11.1. The lowest BCUT2D eigenvalue weighted by Crippen LogP contribution is -2.31. The van der Waals surface area contributed by atoms with Crippen molar-refractivity contribution in [3.63, 3.8) is 0 Å². The van der Waals surface area contributed by atoms with Gasteiger partial charge in [0.15, 0.2) is 0 Å². The van der Waals surface area contributed by atoms with Crippen LogP contribution in [0.3, 0.4) is 0 Å². The Labute approximate surface area is 200 Å². The van der Waals surface area contributed by atoms with Crippen LogP contribution < -0.4 is 5.56 Å². The van der Waals surface area contributed by atoms with Crippen molar-refractivity contribution in [3.8, 4) is 0 Å². The van der Waals surface area contributed by atoms with E-state index in [1.54, 1.807) is 12.3 Å². The molecular weight excluding hydrogens is 446 g/mol. The second kappa shape index (κ2) is 8.98. The number of imide groups is 1. The molecule has 0 aliphatic carbocycles. The number of hydrogen-bond acceptors (Lipinski definition) is 6. The van der Waals surface area contributed by atoms with Crippen molar-refractivity contribution >= 4 is 23.4 Å². The molecule has 1 aliphatic rings. The SMILES string of the molecule is Cc1cccn2c(=O)cc(COC(=O)c3ccc4c(c3)C(=O)N(CCc3ccccc3)C4=O)nc12. The Morgan fingerprint density at radius 3 is 2.49 bits per heavy atom. The molecule has 2 amide bonds. The smallest absolute Gasteiger partial charge is 0.338 e. The van der Waals surface area contributed by atoms with Crippen molar-refractivity contribution < 1.29 is 19.1 Å². The molecule has 4 aromatic rings. The van der Waals surface area contributed by atoms with Crippen LogP contribution in [-0.4, -0.2) is 38.6 Å². The largest absolute Gasteiger partial charge is 0.456 e. The summed E-state index contributed by atoms with van der Waals surface area (Å²) in [5.74, 6) is -1.49. The Kier molecular flexibility index (Phi) is 5.70. The van der Waals surface area contributed by atoms with Crippen LogP contribution in [0.25, 0.3) is 5.65 Å². The monoisotopic (exact) mass is 467 g/mol. The second-order valence-corrected chi connectivity index (χ2v) is 8.30.